The Kier molecular flexibility index (Phi) is 6.84. The fourth-order valence-electron chi connectivity index (χ4n) is 2.12. The topological polar surface area (TPSA) is 63.4 Å². The van der Waals surface area contributed by atoms with Crippen LogP contribution in [0, 0.1) is 5.92 Å². The third kappa shape index (κ3) is 5.77. The van der Waals surface area contributed by atoms with E-state index < -0.39 is 10.0 Å². The molecule has 0 fully saturated rings. The number of hydrogen-bond acceptors (Lipinski definition) is 3. The quantitative estimate of drug-likeness (QED) is 0.802. The summed E-state index contributed by atoms with van der Waals surface area (Å²) in [5, 5.41) is 0. The smallest absolute Gasteiger partial charge is 0.214 e. The minimum absolute atomic E-state index is 0.0163. The van der Waals surface area contributed by atoms with Crippen LogP contribution in [0.15, 0.2) is 30.3 Å². The zero-order valence-electron chi connectivity index (χ0n) is 13.5. The highest BCUT2D eigenvalue weighted by Gasteiger charge is 2.22. The van der Waals surface area contributed by atoms with Crippen molar-refractivity contribution in [3.05, 3.63) is 35.9 Å². The number of nitrogens with two attached hydrogens (primary N) is 1. The molecule has 0 spiro atoms. The molecule has 120 valence electrons. The van der Waals surface area contributed by atoms with Gasteiger partial charge in [-0.15, -0.1) is 0 Å². The zero-order chi connectivity index (χ0) is 16.0. The molecule has 0 amide bonds. The molecular formula is C16H28N2O2S. The van der Waals surface area contributed by atoms with E-state index in [1.807, 2.05) is 37.3 Å². The zero-order valence-corrected chi connectivity index (χ0v) is 14.3. The molecule has 1 aromatic carbocycles. The standard InChI is InChI=1S/C16H28N2O2S/c1-13(2)16(17)10-11-18(4)21(19,20)12-14(3)15-8-6-5-7-9-15/h5-9,13-14,16H,10-12,17H2,1-4H3. The SMILES string of the molecule is CC(CS(=O)(=O)N(C)CCC(N)C(C)C)c1ccccc1. The van der Waals surface area contributed by atoms with Crippen molar-refractivity contribution in [1.82, 2.24) is 4.31 Å². The van der Waals surface area contributed by atoms with Crippen LogP contribution in [0.4, 0.5) is 0 Å². The normalized spacial score (nSPS) is 15.4. The molecule has 21 heavy (non-hydrogen) atoms. The van der Waals surface area contributed by atoms with Gasteiger partial charge in [-0.25, -0.2) is 12.7 Å². The molecule has 1 rings (SSSR count). The predicted molar refractivity (Wildman–Crippen MR) is 88.7 cm³/mol. The van der Waals surface area contributed by atoms with Gasteiger partial charge in [0.2, 0.25) is 10.0 Å². The molecule has 2 unspecified atom stereocenters. The van der Waals surface area contributed by atoms with Gasteiger partial charge < -0.3 is 5.73 Å². The van der Waals surface area contributed by atoms with Crippen molar-refractivity contribution >= 4 is 10.0 Å². The highest BCUT2D eigenvalue weighted by atomic mass is 32.2. The van der Waals surface area contributed by atoms with Crippen LogP contribution in [0.2, 0.25) is 0 Å². The second-order valence-electron chi connectivity index (χ2n) is 6.11. The van der Waals surface area contributed by atoms with E-state index in [4.69, 9.17) is 5.73 Å². The molecule has 0 radical (unpaired) electrons. The first-order chi connectivity index (χ1) is 9.74. The first kappa shape index (κ1) is 18.1. The maximum absolute atomic E-state index is 12.4. The first-order valence-electron chi connectivity index (χ1n) is 7.48. The summed E-state index contributed by atoms with van der Waals surface area (Å²) in [6.07, 6.45) is 0.688. The summed E-state index contributed by atoms with van der Waals surface area (Å²) in [4.78, 5) is 0. The fraction of sp³-hybridized carbons (Fsp3) is 0.625. The van der Waals surface area contributed by atoms with E-state index in [0.29, 0.717) is 18.9 Å². The van der Waals surface area contributed by atoms with Crippen molar-refractivity contribution in [2.24, 2.45) is 11.7 Å². The molecule has 0 heterocycles. The molecule has 5 heteroatoms. The van der Waals surface area contributed by atoms with E-state index in [9.17, 15) is 8.42 Å². The Labute approximate surface area is 129 Å². The summed E-state index contributed by atoms with van der Waals surface area (Å²) in [6.45, 7) is 6.52. The van der Waals surface area contributed by atoms with Crippen LogP contribution in [0.1, 0.15) is 38.7 Å². The van der Waals surface area contributed by atoms with E-state index in [0.717, 1.165) is 5.56 Å². The summed E-state index contributed by atoms with van der Waals surface area (Å²) in [5.74, 6) is 0.478. The largest absolute Gasteiger partial charge is 0.327 e. The second-order valence-corrected chi connectivity index (χ2v) is 8.23. The Morgan fingerprint density at radius 3 is 2.24 bits per heavy atom. The molecule has 4 nitrogen and oxygen atoms in total. The molecule has 2 atom stereocenters. The lowest BCUT2D eigenvalue weighted by Gasteiger charge is -2.23. The van der Waals surface area contributed by atoms with Gasteiger partial charge >= 0.3 is 0 Å². The lowest BCUT2D eigenvalue weighted by Crippen LogP contribution is -2.36. The van der Waals surface area contributed by atoms with Gasteiger partial charge in [-0.2, -0.15) is 0 Å². The highest BCUT2D eigenvalue weighted by molar-refractivity contribution is 7.89. The van der Waals surface area contributed by atoms with Crippen LogP contribution in [0.3, 0.4) is 0 Å². The molecule has 2 N–H and O–H groups in total. The van der Waals surface area contributed by atoms with Gasteiger partial charge in [-0.05, 0) is 23.8 Å². The van der Waals surface area contributed by atoms with Crippen molar-refractivity contribution < 1.29 is 8.42 Å². The van der Waals surface area contributed by atoms with Gasteiger partial charge in [-0.1, -0.05) is 51.1 Å². The van der Waals surface area contributed by atoms with Gasteiger partial charge in [0.1, 0.15) is 0 Å². The Hall–Kier alpha value is -0.910. The molecule has 0 saturated carbocycles. The molecule has 0 aromatic heterocycles. The van der Waals surface area contributed by atoms with Crippen LogP contribution >= 0.6 is 0 Å². The van der Waals surface area contributed by atoms with E-state index in [1.54, 1.807) is 7.05 Å². The van der Waals surface area contributed by atoms with E-state index in [-0.39, 0.29) is 17.7 Å². The average molecular weight is 312 g/mol. The highest BCUT2D eigenvalue weighted by Crippen LogP contribution is 2.18. The Bertz CT molecular complexity index is 514. The molecular weight excluding hydrogens is 284 g/mol. The summed E-state index contributed by atoms with van der Waals surface area (Å²) in [7, 11) is -1.61. The second kappa shape index (κ2) is 7.92. The van der Waals surface area contributed by atoms with Crippen LogP contribution in [0.25, 0.3) is 0 Å². The lowest BCUT2D eigenvalue weighted by atomic mass is 10.0. The fourth-order valence-corrected chi connectivity index (χ4v) is 3.59. The maximum atomic E-state index is 12.4. The van der Waals surface area contributed by atoms with E-state index in [1.165, 1.54) is 4.31 Å². The number of hydrogen-bond donors (Lipinski definition) is 1. The first-order valence-corrected chi connectivity index (χ1v) is 9.09. The van der Waals surface area contributed by atoms with Crippen molar-refractivity contribution in [3.63, 3.8) is 0 Å². The van der Waals surface area contributed by atoms with Gasteiger partial charge in [0.25, 0.3) is 0 Å². The van der Waals surface area contributed by atoms with E-state index >= 15 is 0 Å². The van der Waals surface area contributed by atoms with Gasteiger partial charge in [-0.3, -0.25) is 0 Å². The van der Waals surface area contributed by atoms with Crippen molar-refractivity contribution in [2.75, 3.05) is 19.3 Å². The molecule has 0 saturated heterocycles. The third-order valence-corrected chi connectivity index (χ3v) is 5.99. The maximum Gasteiger partial charge on any atom is 0.214 e. The minimum atomic E-state index is -3.25. The summed E-state index contributed by atoms with van der Waals surface area (Å²) in [6, 6.07) is 9.77. The Balaban J connectivity index is 2.60. The molecule has 0 aliphatic rings. The average Bonchev–Trinajstić information content (AvgIpc) is 2.44. The van der Waals surface area contributed by atoms with Crippen molar-refractivity contribution in [2.45, 2.75) is 39.2 Å². The van der Waals surface area contributed by atoms with Crippen LogP contribution in [0.5, 0.6) is 0 Å². The number of rotatable bonds is 8. The third-order valence-electron chi connectivity index (χ3n) is 3.94. The monoisotopic (exact) mass is 312 g/mol. The minimum Gasteiger partial charge on any atom is -0.327 e. The van der Waals surface area contributed by atoms with Crippen molar-refractivity contribution in [3.8, 4) is 0 Å². The Morgan fingerprint density at radius 2 is 1.71 bits per heavy atom. The Morgan fingerprint density at radius 1 is 1.14 bits per heavy atom. The number of benzene rings is 1. The molecule has 1 aromatic rings. The summed E-state index contributed by atoms with van der Waals surface area (Å²) in [5.41, 5.74) is 7.03. The molecule has 0 bridgehead atoms. The summed E-state index contributed by atoms with van der Waals surface area (Å²) >= 11 is 0. The van der Waals surface area contributed by atoms with Crippen LogP contribution in [-0.4, -0.2) is 38.1 Å². The lowest BCUT2D eigenvalue weighted by molar-refractivity contribution is 0.396. The van der Waals surface area contributed by atoms with E-state index in [2.05, 4.69) is 13.8 Å². The summed E-state index contributed by atoms with van der Waals surface area (Å²) < 4.78 is 26.2. The predicted octanol–water partition coefficient (Wildman–Crippen LogP) is 2.43. The van der Waals surface area contributed by atoms with Gasteiger partial charge in [0.05, 0.1) is 5.75 Å². The van der Waals surface area contributed by atoms with Crippen LogP contribution in [-0.2, 0) is 10.0 Å². The van der Waals surface area contributed by atoms with Gasteiger partial charge in [0.15, 0.2) is 0 Å². The molecule has 0 aliphatic heterocycles. The number of sulfonamides is 1. The van der Waals surface area contributed by atoms with Gasteiger partial charge in [0, 0.05) is 19.6 Å². The number of nitrogens with zero attached hydrogens (tertiary/aromatic N) is 1. The molecule has 0 aliphatic carbocycles. The van der Waals surface area contributed by atoms with Crippen molar-refractivity contribution in [1.29, 1.82) is 0 Å². The van der Waals surface area contributed by atoms with Crippen LogP contribution < -0.4 is 5.73 Å².